The number of ether oxygens (including phenoxy) is 2. The number of benzene rings is 2. The molecule has 0 aliphatic heterocycles. The molecule has 0 heterocycles. The van der Waals surface area contributed by atoms with Crippen LogP contribution in [0, 0.1) is 0 Å². The predicted molar refractivity (Wildman–Crippen MR) is 91.2 cm³/mol. The number of nitrogens with zero attached hydrogens (tertiary/aromatic N) is 1. The highest BCUT2D eigenvalue weighted by molar-refractivity contribution is 7.92. The van der Waals surface area contributed by atoms with Crippen LogP contribution in [0.3, 0.4) is 0 Å². The minimum atomic E-state index is -3.71. The van der Waals surface area contributed by atoms with Crippen molar-refractivity contribution in [2.24, 2.45) is 0 Å². The third-order valence-corrected chi connectivity index (χ3v) is 5.37. The van der Waals surface area contributed by atoms with Gasteiger partial charge in [0.1, 0.15) is 11.5 Å². The van der Waals surface area contributed by atoms with Crippen LogP contribution in [0.5, 0.6) is 11.5 Å². The Morgan fingerprint density at radius 2 is 1.78 bits per heavy atom. The lowest BCUT2D eigenvalue weighted by Gasteiger charge is -2.20. The summed E-state index contributed by atoms with van der Waals surface area (Å²) < 4.78 is 37.0. The van der Waals surface area contributed by atoms with Gasteiger partial charge in [0, 0.05) is 7.05 Å². The van der Waals surface area contributed by atoms with Crippen LogP contribution in [0.15, 0.2) is 47.4 Å². The number of halogens is 1. The standard InChI is InChI=1S/C16H18ClNO4S/c1-4-22-16-10-9-14(11-15(16)17)23(19,20)18(2)12-5-7-13(21-3)8-6-12/h5-11H,4H2,1-3H3. The normalized spacial score (nSPS) is 11.1. The molecule has 2 rings (SSSR count). The molecule has 0 radical (unpaired) electrons. The molecule has 0 fully saturated rings. The van der Waals surface area contributed by atoms with Crippen LogP contribution in [0.25, 0.3) is 0 Å². The van der Waals surface area contributed by atoms with Crippen molar-refractivity contribution < 1.29 is 17.9 Å². The first-order valence-electron chi connectivity index (χ1n) is 6.95. The molecule has 0 aromatic heterocycles. The predicted octanol–water partition coefficient (Wildman–Crippen LogP) is 3.57. The van der Waals surface area contributed by atoms with E-state index < -0.39 is 10.0 Å². The zero-order chi connectivity index (χ0) is 17.0. The number of methoxy groups -OCH3 is 1. The van der Waals surface area contributed by atoms with Gasteiger partial charge < -0.3 is 9.47 Å². The van der Waals surface area contributed by atoms with Gasteiger partial charge in [-0.1, -0.05) is 11.6 Å². The van der Waals surface area contributed by atoms with Gasteiger partial charge in [0.25, 0.3) is 10.0 Å². The van der Waals surface area contributed by atoms with Gasteiger partial charge in [-0.05, 0) is 49.4 Å². The third-order valence-electron chi connectivity index (χ3n) is 3.30. The van der Waals surface area contributed by atoms with Gasteiger partial charge in [-0.3, -0.25) is 4.31 Å². The van der Waals surface area contributed by atoms with E-state index in [4.69, 9.17) is 21.1 Å². The van der Waals surface area contributed by atoms with Crippen LogP contribution in [-0.2, 0) is 10.0 Å². The molecular weight excluding hydrogens is 338 g/mol. The average molecular weight is 356 g/mol. The molecular formula is C16H18ClNO4S. The number of hydrogen-bond acceptors (Lipinski definition) is 4. The first-order valence-corrected chi connectivity index (χ1v) is 8.77. The summed E-state index contributed by atoms with van der Waals surface area (Å²) in [5.74, 6) is 1.11. The Labute approximate surface area is 141 Å². The topological polar surface area (TPSA) is 55.8 Å². The fourth-order valence-electron chi connectivity index (χ4n) is 2.00. The SMILES string of the molecule is CCOc1ccc(S(=O)(=O)N(C)c2ccc(OC)cc2)cc1Cl. The summed E-state index contributed by atoms with van der Waals surface area (Å²) in [6.45, 7) is 2.29. The minimum Gasteiger partial charge on any atom is -0.497 e. The summed E-state index contributed by atoms with van der Waals surface area (Å²) in [4.78, 5) is 0.101. The van der Waals surface area contributed by atoms with Crippen molar-refractivity contribution >= 4 is 27.3 Å². The Balaban J connectivity index is 2.34. The van der Waals surface area contributed by atoms with E-state index in [2.05, 4.69) is 0 Å². The van der Waals surface area contributed by atoms with Crippen LogP contribution in [0.4, 0.5) is 5.69 Å². The van der Waals surface area contributed by atoms with Crippen molar-refractivity contribution in [3.63, 3.8) is 0 Å². The van der Waals surface area contributed by atoms with Gasteiger partial charge in [-0.25, -0.2) is 8.42 Å². The molecule has 0 aliphatic carbocycles. The summed E-state index contributed by atoms with van der Waals surface area (Å²) >= 11 is 6.08. The fourth-order valence-corrected chi connectivity index (χ4v) is 3.53. The van der Waals surface area contributed by atoms with Gasteiger partial charge in [0.05, 0.1) is 29.3 Å². The lowest BCUT2D eigenvalue weighted by Crippen LogP contribution is -2.26. The van der Waals surface area contributed by atoms with Crippen molar-refractivity contribution in [2.45, 2.75) is 11.8 Å². The second-order valence-corrected chi connectivity index (χ2v) is 7.07. The van der Waals surface area contributed by atoms with E-state index in [1.165, 1.54) is 23.5 Å². The lowest BCUT2D eigenvalue weighted by molar-refractivity contribution is 0.340. The number of rotatable bonds is 6. The number of sulfonamides is 1. The van der Waals surface area contributed by atoms with E-state index in [9.17, 15) is 8.42 Å². The molecule has 7 heteroatoms. The average Bonchev–Trinajstić information content (AvgIpc) is 2.56. The Hall–Kier alpha value is -1.92. The molecule has 0 aliphatic rings. The second kappa shape index (κ2) is 7.10. The summed E-state index contributed by atoms with van der Waals surface area (Å²) in [6.07, 6.45) is 0. The van der Waals surface area contributed by atoms with Crippen LogP contribution in [-0.4, -0.2) is 29.2 Å². The smallest absolute Gasteiger partial charge is 0.264 e. The monoisotopic (exact) mass is 355 g/mol. The quantitative estimate of drug-likeness (QED) is 0.794. The first kappa shape index (κ1) is 17.4. The van der Waals surface area contributed by atoms with Crippen LogP contribution in [0.2, 0.25) is 5.02 Å². The molecule has 0 bridgehead atoms. The lowest BCUT2D eigenvalue weighted by atomic mass is 10.3. The highest BCUT2D eigenvalue weighted by atomic mass is 35.5. The molecule has 0 saturated heterocycles. The van der Waals surface area contributed by atoms with E-state index in [0.29, 0.717) is 23.8 Å². The number of hydrogen-bond donors (Lipinski definition) is 0. The third kappa shape index (κ3) is 3.71. The summed E-state index contributed by atoms with van der Waals surface area (Å²) in [6, 6.07) is 11.2. The maximum atomic E-state index is 12.7. The van der Waals surface area contributed by atoms with E-state index in [1.54, 1.807) is 37.4 Å². The van der Waals surface area contributed by atoms with Crippen molar-refractivity contribution in [1.29, 1.82) is 0 Å². The van der Waals surface area contributed by atoms with E-state index in [1.807, 2.05) is 6.92 Å². The largest absolute Gasteiger partial charge is 0.497 e. The maximum absolute atomic E-state index is 12.7. The molecule has 0 atom stereocenters. The highest BCUT2D eigenvalue weighted by Crippen LogP contribution is 2.30. The van der Waals surface area contributed by atoms with Crippen molar-refractivity contribution in [2.75, 3.05) is 25.1 Å². The Kier molecular flexibility index (Phi) is 5.38. The highest BCUT2D eigenvalue weighted by Gasteiger charge is 2.22. The van der Waals surface area contributed by atoms with Crippen LogP contribution in [0.1, 0.15) is 6.92 Å². The van der Waals surface area contributed by atoms with Gasteiger partial charge >= 0.3 is 0 Å². The molecule has 124 valence electrons. The van der Waals surface area contributed by atoms with Gasteiger partial charge in [0.2, 0.25) is 0 Å². The van der Waals surface area contributed by atoms with E-state index in [0.717, 1.165) is 0 Å². The van der Waals surface area contributed by atoms with Crippen molar-refractivity contribution in [1.82, 2.24) is 0 Å². The van der Waals surface area contributed by atoms with Crippen molar-refractivity contribution in [3.05, 3.63) is 47.5 Å². The molecule has 0 amide bonds. The Bertz CT molecular complexity index is 775. The minimum absolute atomic E-state index is 0.101. The molecule has 2 aromatic rings. The molecule has 2 aromatic carbocycles. The zero-order valence-corrected chi connectivity index (χ0v) is 14.7. The molecule has 0 spiro atoms. The van der Waals surface area contributed by atoms with E-state index >= 15 is 0 Å². The molecule has 0 N–H and O–H groups in total. The second-order valence-electron chi connectivity index (χ2n) is 4.70. The first-order chi connectivity index (χ1) is 10.9. The Morgan fingerprint density at radius 3 is 2.30 bits per heavy atom. The molecule has 23 heavy (non-hydrogen) atoms. The summed E-state index contributed by atoms with van der Waals surface area (Å²) in [5.41, 5.74) is 0.524. The number of anilines is 1. The summed E-state index contributed by atoms with van der Waals surface area (Å²) in [7, 11) is -0.673. The zero-order valence-electron chi connectivity index (χ0n) is 13.1. The fraction of sp³-hybridized carbons (Fsp3) is 0.250. The summed E-state index contributed by atoms with van der Waals surface area (Å²) in [5, 5.41) is 0.260. The molecule has 5 nitrogen and oxygen atoms in total. The molecule has 0 saturated carbocycles. The Morgan fingerprint density at radius 1 is 1.13 bits per heavy atom. The van der Waals surface area contributed by atoms with Crippen molar-refractivity contribution in [3.8, 4) is 11.5 Å². The van der Waals surface area contributed by atoms with Gasteiger partial charge in [-0.2, -0.15) is 0 Å². The van der Waals surface area contributed by atoms with Gasteiger partial charge in [-0.15, -0.1) is 0 Å². The van der Waals surface area contributed by atoms with Crippen LogP contribution < -0.4 is 13.8 Å². The van der Waals surface area contributed by atoms with Crippen LogP contribution >= 0.6 is 11.6 Å². The van der Waals surface area contributed by atoms with E-state index in [-0.39, 0.29) is 9.92 Å². The maximum Gasteiger partial charge on any atom is 0.264 e. The molecule has 0 unspecified atom stereocenters. The van der Waals surface area contributed by atoms with Gasteiger partial charge in [0.15, 0.2) is 0 Å².